The van der Waals surface area contributed by atoms with Crippen molar-refractivity contribution in [3.05, 3.63) is 51.6 Å². The van der Waals surface area contributed by atoms with Gasteiger partial charge < -0.3 is 15.2 Å². The average Bonchev–Trinajstić information content (AvgIpc) is 2.88. The minimum absolute atomic E-state index is 0.0716. The predicted molar refractivity (Wildman–Crippen MR) is 77.9 cm³/mol. The smallest absolute Gasteiger partial charge is 0.337 e. The molecule has 3 rings (SSSR count). The van der Waals surface area contributed by atoms with Crippen LogP contribution in [0.5, 0.6) is 0 Å². The Hall–Kier alpha value is -2.84. The fourth-order valence-corrected chi connectivity index (χ4v) is 3.19. The number of aliphatic carboxylic acids is 1. The molecule has 2 aliphatic heterocycles. The number of hydrogen-bond donors (Lipinski definition) is 2. The molecule has 0 amide bonds. The van der Waals surface area contributed by atoms with Crippen LogP contribution in [-0.4, -0.2) is 28.6 Å². The molecule has 0 saturated heterocycles. The van der Waals surface area contributed by atoms with E-state index in [-0.39, 0.29) is 29.0 Å². The largest absolute Gasteiger partial charge is 0.478 e. The summed E-state index contributed by atoms with van der Waals surface area (Å²) < 4.78 is 46.5. The second kappa shape index (κ2) is 5.91. The number of hydrogen-bond acceptors (Lipinski definition) is 5. The number of carboxylic acids is 1. The van der Waals surface area contributed by atoms with E-state index >= 15 is 0 Å². The predicted octanol–water partition coefficient (Wildman–Crippen LogP) is 2.25. The highest BCUT2D eigenvalue weighted by molar-refractivity contribution is 6.00. The van der Waals surface area contributed by atoms with Crippen molar-refractivity contribution in [2.75, 3.05) is 6.61 Å². The third kappa shape index (κ3) is 2.55. The molecule has 6 nitrogen and oxygen atoms in total. The van der Waals surface area contributed by atoms with Gasteiger partial charge in [-0.3, -0.25) is 0 Å². The van der Waals surface area contributed by atoms with Crippen LogP contribution in [0.1, 0.15) is 37.1 Å². The first-order valence-electron chi connectivity index (χ1n) is 7.33. The van der Waals surface area contributed by atoms with Crippen LogP contribution in [-0.2, 0) is 14.3 Å². The molecule has 2 atom stereocenters. The van der Waals surface area contributed by atoms with E-state index in [4.69, 9.17) is 4.74 Å². The number of nitrogens with one attached hydrogen (secondary N) is 1. The molecule has 25 heavy (non-hydrogen) atoms. The van der Waals surface area contributed by atoms with E-state index in [1.165, 1.54) is 6.92 Å². The van der Waals surface area contributed by atoms with Crippen LogP contribution >= 0.6 is 0 Å². The molecule has 0 radical (unpaired) electrons. The van der Waals surface area contributed by atoms with Crippen molar-refractivity contribution < 1.29 is 32.6 Å². The lowest BCUT2D eigenvalue weighted by atomic mass is 9.79. The SMILES string of the molecule is CC1=C(C(=O)O)[C@@H](c2cnc(F)c(F)c2[C@@H](C)F)C2=C(COC2=O)N1. The van der Waals surface area contributed by atoms with Gasteiger partial charge in [0.2, 0.25) is 5.95 Å². The summed E-state index contributed by atoms with van der Waals surface area (Å²) in [4.78, 5) is 27.0. The van der Waals surface area contributed by atoms with Gasteiger partial charge in [-0.05, 0) is 19.4 Å². The number of dihydropyridines is 1. The number of carbonyl (C=O) groups is 2. The fraction of sp³-hybridized carbons (Fsp3) is 0.312. The van der Waals surface area contributed by atoms with E-state index in [9.17, 15) is 27.9 Å². The van der Waals surface area contributed by atoms with Crippen LogP contribution in [0.4, 0.5) is 13.2 Å². The molecular formula is C16H13F3N2O4. The Kier molecular flexibility index (Phi) is 4.02. The number of cyclic esters (lactones) is 1. The van der Waals surface area contributed by atoms with Crippen molar-refractivity contribution in [3.8, 4) is 0 Å². The van der Waals surface area contributed by atoms with E-state index in [0.717, 1.165) is 13.1 Å². The number of alkyl halides is 1. The van der Waals surface area contributed by atoms with Gasteiger partial charge in [0.15, 0.2) is 5.82 Å². The van der Waals surface area contributed by atoms with Crippen molar-refractivity contribution in [3.63, 3.8) is 0 Å². The van der Waals surface area contributed by atoms with Crippen molar-refractivity contribution in [2.24, 2.45) is 0 Å². The van der Waals surface area contributed by atoms with Gasteiger partial charge in [-0.25, -0.2) is 23.4 Å². The molecule has 0 fully saturated rings. The molecule has 3 heterocycles. The highest BCUT2D eigenvalue weighted by Crippen LogP contribution is 2.44. The molecule has 0 bridgehead atoms. The molecule has 2 aliphatic rings. The summed E-state index contributed by atoms with van der Waals surface area (Å²) in [7, 11) is 0. The highest BCUT2D eigenvalue weighted by atomic mass is 19.2. The summed E-state index contributed by atoms with van der Waals surface area (Å²) in [6, 6.07) is 0. The Labute approximate surface area is 140 Å². The number of aromatic nitrogens is 1. The Morgan fingerprint density at radius 3 is 2.76 bits per heavy atom. The number of esters is 1. The van der Waals surface area contributed by atoms with Crippen LogP contribution in [0.3, 0.4) is 0 Å². The van der Waals surface area contributed by atoms with Crippen LogP contribution in [0.25, 0.3) is 0 Å². The van der Waals surface area contributed by atoms with Crippen LogP contribution in [0, 0.1) is 11.8 Å². The number of rotatable bonds is 3. The lowest BCUT2D eigenvalue weighted by Gasteiger charge is -2.28. The Balaban J connectivity index is 2.32. The molecule has 1 aromatic rings. The second-order valence-corrected chi connectivity index (χ2v) is 5.72. The molecule has 0 saturated carbocycles. The lowest BCUT2D eigenvalue weighted by molar-refractivity contribution is -0.136. The molecule has 1 aromatic heterocycles. The molecule has 0 unspecified atom stereocenters. The molecule has 0 aliphatic carbocycles. The summed E-state index contributed by atoms with van der Waals surface area (Å²) in [6.45, 7) is 2.32. The van der Waals surface area contributed by atoms with E-state index in [2.05, 4.69) is 10.3 Å². The van der Waals surface area contributed by atoms with E-state index in [0.29, 0.717) is 5.70 Å². The maximum Gasteiger partial charge on any atom is 0.337 e. The Bertz CT molecular complexity index is 859. The van der Waals surface area contributed by atoms with Gasteiger partial charge in [-0.2, -0.15) is 4.39 Å². The summed E-state index contributed by atoms with van der Waals surface area (Å²) >= 11 is 0. The standard InChI is InChI=1S/C16H13F3N2O4/c1-5(17)9-7(3-20-14(19)13(9)18)11-10(15(22)23)6(2)21-8-4-25-16(24)12(8)11/h3,5,11,21H,4H2,1-2H3,(H,22,23)/t5-,11-/m1/s1. The van der Waals surface area contributed by atoms with Crippen LogP contribution < -0.4 is 5.32 Å². The average molecular weight is 354 g/mol. The minimum Gasteiger partial charge on any atom is -0.478 e. The molecule has 9 heteroatoms. The first kappa shape index (κ1) is 17.0. The summed E-state index contributed by atoms with van der Waals surface area (Å²) in [5.41, 5.74) is -0.752. The molecule has 132 valence electrons. The van der Waals surface area contributed by atoms with Gasteiger partial charge in [-0.15, -0.1) is 0 Å². The summed E-state index contributed by atoms with van der Waals surface area (Å²) in [5.74, 6) is -6.52. The topological polar surface area (TPSA) is 88.5 Å². The van der Waals surface area contributed by atoms with Gasteiger partial charge in [0.05, 0.1) is 22.8 Å². The van der Waals surface area contributed by atoms with Gasteiger partial charge in [0.1, 0.15) is 12.8 Å². The second-order valence-electron chi connectivity index (χ2n) is 5.72. The highest BCUT2D eigenvalue weighted by Gasteiger charge is 2.43. The maximum absolute atomic E-state index is 14.1. The van der Waals surface area contributed by atoms with E-state index in [1.807, 2.05) is 0 Å². The lowest BCUT2D eigenvalue weighted by Crippen LogP contribution is -2.30. The van der Waals surface area contributed by atoms with E-state index in [1.54, 1.807) is 0 Å². The number of halogens is 3. The first-order chi connectivity index (χ1) is 11.7. The van der Waals surface area contributed by atoms with Gasteiger partial charge in [-0.1, -0.05) is 0 Å². The number of carbonyl (C=O) groups excluding carboxylic acids is 1. The van der Waals surface area contributed by atoms with E-state index < -0.39 is 41.4 Å². The Morgan fingerprint density at radius 1 is 1.48 bits per heavy atom. The van der Waals surface area contributed by atoms with Crippen molar-refractivity contribution >= 4 is 11.9 Å². The molecule has 0 spiro atoms. The zero-order chi connectivity index (χ0) is 18.5. The normalized spacial score (nSPS) is 21.0. The van der Waals surface area contributed by atoms with Gasteiger partial charge in [0.25, 0.3) is 0 Å². The number of ether oxygens (including phenoxy) is 1. The number of carboxylic acid groups (broad SMARTS) is 1. The maximum atomic E-state index is 14.1. The number of allylic oxidation sites excluding steroid dienone is 1. The zero-order valence-corrected chi connectivity index (χ0v) is 13.2. The van der Waals surface area contributed by atoms with Gasteiger partial charge >= 0.3 is 11.9 Å². The number of nitrogens with zero attached hydrogens (tertiary/aromatic N) is 1. The molecular weight excluding hydrogens is 341 g/mol. The first-order valence-corrected chi connectivity index (χ1v) is 7.33. The third-order valence-electron chi connectivity index (χ3n) is 4.20. The molecule has 2 N–H and O–H groups in total. The quantitative estimate of drug-likeness (QED) is 0.639. The summed E-state index contributed by atoms with van der Waals surface area (Å²) in [6.07, 6.45) is -1.09. The van der Waals surface area contributed by atoms with Crippen molar-refractivity contribution in [1.29, 1.82) is 0 Å². The zero-order valence-electron chi connectivity index (χ0n) is 13.2. The Morgan fingerprint density at radius 2 is 2.16 bits per heavy atom. The third-order valence-corrected chi connectivity index (χ3v) is 4.20. The van der Waals surface area contributed by atoms with Crippen molar-refractivity contribution in [1.82, 2.24) is 10.3 Å². The summed E-state index contributed by atoms with van der Waals surface area (Å²) in [5, 5.41) is 12.3. The van der Waals surface area contributed by atoms with Crippen LogP contribution in [0.2, 0.25) is 0 Å². The monoisotopic (exact) mass is 354 g/mol. The van der Waals surface area contributed by atoms with Crippen molar-refractivity contribution in [2.45, 2.75) is 25.9 Å². The minimum atomic E-state index is -1.95. The fourth-order valence-electron chi connectivity index (χ4n) is 3.19. The molecule has 0 aromatic carbocycles. The van der Waals surface area contributed by atoms with Crippen LogP contribution in [0.15, 0.2) is 28.7 Å². The number of pyridine rings is 1. The van der Waals surface area contributed by atoms with Gasteiger partial charge in [0, 0.05) is 17.5 Å².